The van der Waals surface area contributed by atoms with Gasteiger partial charge in [-0.3, -0.25) is 0 Å². The van der Waals surface area contributed by atoms with Gasteiger partial charge in [0.05, 0.1) is 7.11 Å². The zero-order chi connectivity index (χ0) is 9.23. The molecule has 0 aromatic rings. The highest BCUT2D eigenvalue weighted by atomic mass is 16.5. The number of hydrogen-bond acceptors (Lipinski definition) is 2. The molecule has 0 spiro atoms. The molecule has 2 nitrogen and oxygen atoms in total. The monoisotopic (exact) mass is 166 g/mol. The molecule has 0 rings (SSSR count). The van der Waals surface area contributed by atoms with E-state index in [1.807, 2.05) is 18.2 Å². The van der Waals surface area contributed by atoms with Crippen LogP contribution < -0.4 is 0 Å². The van der Waals surface area contributed by atoms with E-state index in [2.05, 4.69) is 11.7 Å². The molecule has 0 unspecified atom stereocenters. The summed E-state index contributed by atoms with van der Waals surface area (Å²) in [6.45, 7) is 2.06. The molecule has 0 saturated heterocycles. The smallest absolute Gasteiger partial charge is 0.330 e. The summed E-state index contributed by atoms with van der Waals surface area (Å²) < 4.78 is 4.40. The summed E-state index contributed by atoms with van der Waals surface area (Å²) in [6.07, 6.45) is 11.6. The largest absolute Gasteiger partial charge is 0.466 e. The summed E-state index contributed by atoms with van der Waals surface area (Å²) in [5.74, 6) is -0.334. The highest BCUT2D eigenvalue weighted by Crippen LogP contribution is 1.84. The lowest BCUT2D eigenvalue weighted by Gasteiger charge is -1.85. The highest BCUT2D eigenvalue weighted by molar-refractivity contribution is 5.82. The van der Waals surface area contributed by atoms with Crippen LogP contribution in [-0.4, -0.2) is 13.1 Å². The average Bonchev–Trinajstić information content (AvgIpc) is 2.10. The van der Waals surface area contributed by atoms with E-state index >= 15 is 0 Å². The first-order valence-corrected chi connectivity index (χ1v) is 3.89. The van der Waals surface area contributed by atoms with Crippen molar-refractivity contribution in [1.82, 2.24) is 0 Å². The molecule has 0 atom stereocenters. The fourth-order valence-corrected chi connectivity index (χ4v) is 0.545. The number of carbonyl (C=O) groups is 1. The van der Waals surface area contributed by atoms with Crippen molar-refractivity contribution in [3.63, 3.8) is 0 Å². The van der Waals surface area contributed by atoms with Crippen molar-refractivity contribution in [1.29, 1.82) is 0 Å². The molecular formula is C10H14O2. The molecule has 0 aromatic heterocycles. The number of carbonyl (C=O) groups excluding carboxylic acids is 1. The zero-order valence-corrected chi connectivity index (χ0v) is 7.49. The predicted molar refractivity (Wildman–Crippen MR) is 49.7 cm³/mol. The Bertz CT molecular complexity index is 200. The van der Waals surface area contributed by atoms with Crippen LogP contribution in [0.1, 0.15) is 13.3 Å². The topological polar surface area (TPSA) is 26.3 Å². The maximum atomic E-state index is 10.5. The predicted octanol–water partition coefficient (Wildman–Crippen LogP) is 2.24. The molecule has 0 amide bonds. The van der Waals surface area contributed by atoms with E-state index < -0.39 is 0 Å². The van der Waals surface area contributed by atoms with Gasteiger partial charge in [0.1, 0.15) is 0 Å². The van der Waals surface area contributed by atoms with Crippen LogP contribution in [0.25, 0.3) is 0 Å². The number of hydrogen-bond donors (Lipinski definition) is 0. The second kappa shape index (κ2) is 7.79. The first-order chi connectivity index (χ1) is 5.81. The molecule has 0 N–H and O–H groups in total. The third-order valence-corrected chi connectivity index (χ3v) is 1.14. The molecule has 0 saturated carbocycles. The maximum absolute atomic E-state index is 10.5. The molecule has 0 fully saturated rings. The Morgan fingerprint density at radius 1 is 1.25 bits per heavy atom. The third-order valence-electron chi connectivity index (χ3n) is 1.14. The number of allylic oxidation sites excluding steroid dienone is 5. The fourth-order valence-electron chi connectivity index (χ4n) is 0.545. The Balaban J connectivity index is 3.66. The number of esters is 1. The Labute approximate surface area is 73.2 Å². The van der Waals surface area contributed by atoms with Gasteiger partial charge in [0, 0.05) is 6.08 Å². The van der Waals surface area contributed by atoms with Crippen LogP contribution in [0.15, 0.2) is 36.5 Å². The Kier molecular flexibility index (Phi) is 6.94. The van der Waals surface area contributed by atoms with Gasteiger partial charge in [0.2, 0.25) is 0 Å². The molecule has 0 radical (unpaired) electrons. The molecule has 0 aliphatic heterocycles. The molecule has 0 heterocycles. The molecule has 2 heteroatoms. The second-order valence-electron chi connectivity index (χ2n) is 2.10. The summed E-state index contributed by atoms with van der Waals surface area (Å²) in [5.41, 5.74) is 0. The van der Waals surface area contributed by atoms with Crippen molar-refractivity contribution in [3.8, 4) is 0 Å². The lowest BCUT2D eigenvalue weighted by molar-refractivity contribution is -0.134. The minimum Gasteiger partial charge on any atom is -0.466 e. The quantitative estimate of drug-likeness (QED) is 0.363. The second-order valence-corrected chi connectivity index (χ2v) is 2.10. The van der Waals surface area contributed by atoms with Crippen molar-refractivity contribution >= 4 is 5.97 Å². The van der Waals surface area contributed by atoms with Gasteiger partial charge in [0.15, 0.2) is 0 Å². The molecule has 0 aliphatic carbocycles. The van der Waals surface area contributed by atoms with Gasteiger partial charge in [-0.15, -0.1) is 0 Å². The van der Waals surface area contributed by atoms with E-state index in [4.69, 9.17) is 0 Å². The Morgan fingerprint density at radius 2 is 1.92 bits per heavy atom. The first-order valence-electron chi connectivity index (χ1n) is 3.89. The van der Waals surface area contributed by atoms with Gasteiger partial charge in [-0.2, -0.15) is 0 Å². The number of rotatable bonds is 4. The van der Waals surface area contributed by atoms with Gasteiger partial charge in [-0.1, -0.05) is 37.3 Å². The standard InChI is InChI=1S/C10H14O2/c1-3-4-5-6-7-8-9-10(11)12-2/h4-9H,3H2,1-2H3/b5-4+,7-6+,9-8+. The third kappa shape index (κ3) is 6.81. The van der Waals surface area contributed by atoms with Crippen molar-refractivity contribution < 1.29 is 9.53 Å². The molecule has 0 aromatic carbocycles. The number of methoxy groups -OCH3 is 1. The maximum Gasteiger partial charge on any atom is 0.330 e. The molecular weight excluding hydrogens is 152 g/mol. The van der Waals surface area contributed by atoms with Crippen LogP contribution in [0.4, 0.5) is 0 Å². The first kappa shape index (κ1) is 10.7. The zero-order valence-electron chi connectivity index (χ0n) is 7.49. The van der Waals surface area contributed by atoms with Crippen LogP contribution >= 0.6 is 0 Å². The molecule has 0 bridgehead atoms. The summed E-state index contributed by atoms with van der Waals surface area (Å²) in [5, 5.41) is 0. The van der Waals surface area contributed by atoms with Gasteiger partial charge >= 0.3 is 5.97 Å². The minimum absolute atomic E-state index is 0.334. The van der Waals surface area contributed by atoms with E-state index in [1.165, 1.54) is 13.2 Å². The van der Waals surface area contributed by atoms with Crippen LogP contribution in [-0.2, 0) is 9.53 Å². The Hall–Kier alpha value is -1.31. The van der Waals surface area contributed by atoms with E-state index in [0.717, 1.165) is 6.42 Å². The van der Waals surface area contributed by atoms with Crippen molar-refractivity contribution in [3.05, 3.63) is 36.5 Å². The van der Waals surface area contributed by atoms with E-state index in [-0.39, 0.29) is 5.97 Å². The van der Waals surface area contributed by atoms with E-state index in [0.29, 0.717) is 0 Å². The summed E-state index contributed by atoms with van der Waals surface area (Å²) >= 11 is 0. The van der Waals surface area contributed by atoms with Crippen molar-refractivity contribution in [2.75, 3.05) is 7.11 Å². The molecule has 0 aliphatic rings. The van der Waals surface area contributed by atoms with Gasteiger partial charge in [-0.05, 0) is 6.42 Å². The number of ether oxygens (including phenoxy) is 1. The highest BCUT2D eigenvalue weighted by Gasteiger charge is 1.85. The lowest BCUT2D eigenvalue weighted by Crippen LogP contribution is -1.92. The van der Waals surface area contributed by atoms with E-state index in [9.17, 15) is 4.79 Å². The van der Waals surface area contributed by atoms with Crippen molar-refractivity contribution in [2.45, 2.75) is 13.3 Å². The lowest BCUT2D eigenvalue weighted by atomic mass is 10.3. The van der Waals surface area contributed by atoms with Crippen LogP contribution in [0.5, 0.6) is 0 Å². The minimum atomic E-state index is -0.334. The summed E-state index contributed by atoms with van der Waals surface area (Å²) in [7, 11) is 1.35. The Morgan fingerprint density at radius 3 is 2.50 bits per heavy atom. The van der Waals surface area contributed by atoms with Gasteiger partial charge in [-0.25, -0.2) is 4.79 Å². The van der Waals surface area contributed by atoms with Crippen molar-refractivity contribution in [2.24, 2.45) is 0 Å². The fraction of sp³-hybridized carbons (Fsp3) is 0.300. The summed E-state index contributed by atoms with van der Waals surface area (Å²) in [6, 6.07) is 0. The van der Waals surface area contributed by atoms with Gasteiger partial charge in [0.25, 0.3) is 0 Å². The normalized spacial score (nSPS) is 11.8. The summed E-state index contributed by atoms with van der Waals surface area (Å²) in [4.78, 5) is 10.5. The SMILES string of the molecule is CC/C=C/C=C/C=C/C(=O)OC. The molecule has 66 valence electrons. The average molecular weight is 166 g/mol. The van der Waals surface area contributed by atoms with Crippen LogP contribution in [0.3, 0.4) is 0 Å². The van der Waals surface area contributed by atoms with Crippen LogP contribution in [0, 0.1) is 0 Å². The van der Waals surface area contributed by atoms with Crippen LogP contribution in [0.2, 0.25) is 0 Å². The van der Waals surface area contributed by atoms with Gasteiger partial charge < -0.3 is 4.74 Å². The van der Waals surface area contributed by atoms with E-state index in [1.54, 1.807) is 12.2 Å². The molecule has 12 heavy (non-hydrogen) atoms.